The zero-order chi connectivity index (χ0) is 21.8. The van der Waals surface area contributed by atoms with Gasteiger partial charge >= 0.3 is 6.18 Å². The first-order valence-corrected chi connectivity index (χ1v) is 8.22. The van der Waals surface area contributed by atoms with Gasteiger partial charge in [-0.05, 0) is 12.1 Å². The number of benzene rings is 1. The maximum Gasteiger partial charge on any atom is 0.424 e. The van der Waals surface area contributed by atoms with Gasteiger partial charge < -0.3 is 20.3 Å². The number of aliphatic hydroxyl groups is 1. The summed E-state index contributed by atoms with van der Waals surface area (Å²) < 4.78 is 67.4. The SMILES string of the molecule is Cn1ccnc1C(O)(CCNC(=O)CNC(=O)c1ccc(F)cc1F)C(F)(F)F. The van der Waals surface area contributed by atoms with Crippen LogP contribution in [0, 0.1) is 11.6 Å². The van der Waals surface area contributed by atoms with E-state index >= 15 is 0 Å². The van der Waals surface area contributed by atoms with Crippen LogP contribution < -0.4 is 10.6 Å². The van der Waals surface area contributed by atoms with Crippen LogP contribution >= 0.6 is 0 Å². The lowest BCUT2D eigenvalue weighted by Crippen LogP contribution is -2.47. The van der Waals surface area contributed by atoms with Crippen molar-refractivity contribution in [3.63, 3.8) is 0 Å². The van der Waals surface area contributed by atoms with Crippen molar-refractivity contribution in [3.8, 4) is 0 Å². The number of hydrogen-bond acceptors (Lipinski definition) is 4. The number of carbonyl (C=O) groups is 2. The van der Waals surface area contributed by atoms with Gasteiger partial charge in [0, 0.05) is 38.5 Å². The molecule has 1 aromatic carbocycles. The molecule has 29 heavy (non-hydrogen) atoms. The van der Waals surface area contributed by atoms with E-state index < -0.39 is 66.1 Å². The smallest absolute Gasteiger partial charge is 0.374 e. The average molecular weight is 420 g/mol. The topological polar surface area (TPSA) is 96.2 Å². The molecule has 0 aliphatic rings. The first-order chi connectivity index (χ1) is 13.5. The number of halogens is 5. The third-order valence-corrected chi connectivity index (χ3v) is 4.05. The molecule has 2 amide bonds. The number of hydrogen-bond donors (Lipinski definition) is 3. The van der Waals surface area contributed by atoms with Gasteiger partial charge in [-0.3, -0.25) is 9.59 Å². The number of rotatable bonds is 7. The van der Waals surface area contributed by atoms with E-state index in [0.29, 0.717) is 6.07 Å². The van der Waals surface area contributed by atoms with Gasteiger partial charge in [0.1, 0.15) is 17.5 Å². The zero-order valence-corrected chi connectivity index (χ0v) is 15.1. The summed E-state index contributed by atoms with van der Waals surface area (Å²) in [4.78, 5) is 27.0. The van der Waals surface area contributed by atoms with Gasteiger partial charge in [-0.2, -0.15) is 13.2 Å². The minimum Gasteiger partial charge on any atom is -0.374 e. The predicted octanol–water partition coefficient (Wildman–Crippen LogP) is 1.38. The maximum atomic E-state index is 13.5. The van der Waals surface area contributed by atoms with Gasteiger partial charge in [0.2, 0.25) is 11.5 Å². The van der Waals surface area contributed by atoms with E-state index in [1.165, 1.54) is 13.2 Å². The number of carbonyl (C=O) groups excluding carboxylic acids is 2. The van der Waals surface area contributed by atoms with E-state index in [2.05, 4.69) is 15.6 Å². The van der Waals surface area contributed by atoms with Crippen molar-refractivity contribution < 1.29 is 36.6 Å². The van der Waals surface area contributed by atoms with Crippen LogP contribution in [0.15, 0.2) is 30.6 Å². The van der Waals surface area contributed by atoms with E-state index in [-0.39, 0.29) is 0 Å². The molecule has 1 atom stereocenters. The minimum absolute atomic E-state index is 0.491. The Hall–Kier alpha value is -3.02. The van der Waals surface area contributed by atoms with Gasteiger partial charge in [0.05, 0.1) is 12.1 Å². The Labute approximate surface area is 161 Å². The summed E-state index contributed by atoms with van der Waals surface area (Å²) in [6.07, 6.45) is -3.65. The number of nitrogens with one attached hydrogen (secondary N) is 2. The lowest BCUT2D eigenvalue weighted by molar-refractivity contribution is -0.272. The quantitative estimate of drug-likeness (QED) is 0.590. The van der Waals surface area contributed by atoms with Crippen LogP contribution in [0.2, 0.25) is 0 Å². The van der Waals surface area contributed by atoms with Crippen LogP contribution in [0.25, 0.3) is 0 Å². The zero-order valence-electron chi connectivity index (χ0n) is 15.1. The van der Waals surface area contributed by atoms with E-state index in [9.17, 15) is 36.6 Å². The fraction of sp³-hybridized carbons (Fsp3) is 0.353. The molecule has 12 heteroatoms. The van der Waals surface area contributed by atoms with Crippen LogP contribution in [-0.2, 0) is 17.4 Å². The molecule has 0 bridgehead atoms. The summed E-state index contributed by atoms with van der Waals surface area (Å²) in [5.74, 6) is -4.53. The summed E-state index contributed by atoms with van der Waals surface area (Å²) >= 11 is 0. The first kappa shape index (κ1) is 22.3. The monoisotopic (exact) mass is 420 g/mol. The standard InChI is InChI=1S/C17H17F5N4O3/c1-26-7-6-24-15(26)16(29,17(20,21)22)4-5-23-13(27)9-25-14(28)11-3-2-10(18)8-12(11)19/h2-3,6-8,29H,4-5,9H2,1H3,(H,23,27)(H,25,28). The van der Waals surface area contributed by atoms with E-state index in [0.717, 1.165) is 22.9 Å². The molecular weight excluding hydrogens is 403 g/mol. The third-order valence-electron chi connectivity index (χ3n) is 4.05. The van der Waals surface area contributed by atoms with E-state index in [4.69, 9.17) is 0 Å². The fourth-order valence-electron chi connectivity index (χ4n) is 2.52. The highest BCUT2D eigenvalue weighted by Gasteiger charge is 2.57. The molecule has 7 nitrogen and oxygen atoms in total. The minimum atomic E-state index is -5.05. The van der Waals surface area contributed by atoms with Crippen molar-refractivity contribution in [2.24, 2.45) is 7.05 Å². The largest absolute Gasteiger partial charge is 0.424 e. The Balaban J connectivity index is 1.91. The molecular formula is C17H17F5N4O3. The van der Waals surface area contributed by atoms with Crippen molar-refractivity contribution in [1.82, 2.24) is 20.2 Å². The Bertz CT molecular complexity index is 899. The number of imidazole rings is 1. The summed E-state index contributed by atoms with van der Waals surface area (Å²) in [7, 11) is 1.28. The lowest BCUT2D eigenvalue weighted by atomic mass is 9.97. The summed E-state index contributed by atoms with van der Waals surface area (Å²) in [5, 5.41) is 14.3. The second-order valence-electron chi connectivity index (χ2n) is 6.13. The molecule has 0 aliphatic carbocycles. The Morgan fingerprint density at radius 2 is 1.90 bits per heavy atom. The Kier molecular flexibility index (Phi) is 6.57. The van der Waals surface area contributed by atoms with Gasteiger partial charge in [0.15, 0.2) is 0 Å². The highest BCUT2D eigenvalue weighted by molar-refractivity contribution is 5.96. The molecule has 0 fully saturated rings. The van der Waals surface area contributed by atoms with Crippen LogP contribution in [0.3, 0.4) is 0 Å². The normalized spacial score (nSPS) is 13.6. The molecule has 3 N–H and O–H groups in total. The second-order valence-corrected chi connectivity index (χ2v) is 6.13. The highest BCUT2D eigenvalue weighted by Crippen LogP contribution is 2.40. The van der Waals surface area contributed by atoms with Crippen molar-refractivity contribution in [1.29, 1.82) is 0 Å². The number of aromatic nitrogens is 2. The highest BCUT2D eigenvalue weighted by atomic mass is 19.4. The van der Waals surface area contributed by atoms with Crippen LogP contribution in [0.5, 0.6) is 0 Å². The predicted molar refractivity (Wildman–Crippen MR) is 89.5 cm³/mol. The number of nitrogens with zero attached hydrogens (tertiary/aromatic N) is 2. The summed E-state index contributed by atoms with van der Waals surface area (Å²) in [6, 6.07) is 2.23. The number of aryl methyl sites for hydroxylation is 1. The molecule has 2 rings (SSSR count). The number of alkyl halides is 3. The molecule has 1 unspecified atom stereocenters. The molecule has 0 spiro atoms. The molecule has 0 radical (unpaired) electrons. The third kappa shape index (κ3) is 5.08. The van der Waals surface area contributed by atoms with Crippen LogP contribution in [0.4, 0.5) is 22.0 Å². The van der Waals surface area contributed by atoms with Gasteiger partial charge in [0.25, 0.3) is 5.91 Å². The fourth-order valence-corrected chi connectivity index (χ4v) is 2.52. The molecule has 2 aromatic rings. The molecule has 1 aromatic heterocycles. The first-order valence-electron chi connectivity index (χ1n) is 8.22. The summed E-state index contributed by atoms with van der Waals surface area (Å²) in [6.45, 7) is -1.25. The Morgan fingerprint density at radius 3 is 2.45 bits per heavy atom. The number of amides is 2. The van der Waals surface area contributed by atoms with Crippen LogP contribution in [-0.4, -0.2) is 45.7 Å². The van der Waals surface area contributed by atoms with Crippen molar-refractivity contribution >= 4 is 11.8 Å². The van der Waals surface area contributed by atoms with Crippen molar-refractivity contribution in [3.05, 3.63) is 53.6 Å². The van der Waals surface area contributed by atoms with E-state index in [1.54, 1.807) is 0 Å². The van der Waals surface area contributed by atoms with E-state index in [1.807, 2.05) is 0 Å². The van der Waals surface area contributed by atoms with Crippen molar-refractivity contribution in [2.75, 3.05) is 13.1 Å². The molecule has 0 aliphatic heterocycles. The van der Waals surface area contributed by atoms with Gasteiger partial charge in [-0.25, -0.2) is 13.8 Å². The van der Waals surface area contributed by atoms with Crippen LogP contribution in [0.1, 0.15) is 22.6 Å². The maximum absolute atomic E-state index is 13.5. The van der Waals surface area contributed by atoms with Crippen molar-refractivity contribution in [2.45, 2.75) is 18.2 Å². The molecule has 1 heterocycles. The Morgan fingerprint density at radius 1 is 1.21 bits per heavy atom. The average Bonchev–Trinajstić information content (AvgIpc) is 3.05. The van der Waals surface area contributed by atoms with Gasteiger partial charge in [-0.15, -0.1) is 0 Å². The second kappa shape index (κ2) is 8.55. The molecule has 0 saturated heterocycles. The van der Waals surface area contributed by atoms with Gasteiger partial charge in [-0.1, -0.05) is 0 Å². The molecule has 0 saturated carbocycles. The lowest BCUT2D eigenvalue weighted by Gasteiger charge is -2.29. The summed E-state index contributed by atoms with van der Waals surface area (Å²) in [5.41, 5.74) is -3.79. The molecule has 158 valence electrons.